The Morgan fingerprint density at radius 2 is 2.06 bits per heavy atom. The standard InChI is InChI=1S/C15H22BrN/c1-12(14-5-7-15(16)8-6-14)9-11-17-10-3-4-13(17)2/h5-8,12-13H,3-4,9-11H2,1-2H3. The first-order chi connectivity index (χ1) is 8.16. The van der Waals surface area contributed by atoms with Gasteiger partial charge < -0.3 is 4.90 Å². The van der Waals surface area contributed by atoms with Gasteiger partial charge in [0.2, 0.25) is 0 Å². The van der Waals surface area contributed by atoms with Crippen LogP contribution in [0.2, 0.25) is 0 Å². The van der Waals surface area contributed by atoms with Crippen molar-refractivity contribution in [3.63, 3.8) is 0 Å². The van der Waals surface area contributed by atoms with E-state index in [1.165, 1.54) is 42.4 Å². The maximum absolute atomic E-state index is 3.49. The first kappa shape index (κ1) is 13.1. The molecule has 0 aromatic heterocycles. The molecule has 0 aliphatic carbocycles. The highest BCUT2D eigenvalue weighted by Gasteiger charge is 2.20. The predicted molar refractivity (Wildman–Crippen MR) is 77.4 cm³/mol. The van der Waals surface area contributed by atoms with Crippen molar-refractivity contribution in [1.82, 2.24) is 4.90 Å². The lowest BCUT2D eigenvalue weighted by Crippen LogP contribution is -2.28. The second kappa shape index (κ2) is 6.01. The van der Waals surface area contributed by atoms with Crippen LogP contribution >= 0.6 is 15.9 Å². The Morgan fingerprint density at radius 1 is 1.35 bits per heavy atom. The Kier molecular flexibility index (Phi) is 4.63. The summed E-state index contributed by atoms with van der Waals surface area (Å²) in [5, 5.41) is 0. The topological polar surface area (TPSA) is 3.24 Å². The molecule has 0 spiro atoms. The van der Waals surface area contributed by atoms with Crippen LogP contribution in [-0.2, 0) is 0 Å². The van der Waals surface area contributed by atoms with Crippen molar-refractivity contribution in [2.45, 2.75) is 45.1 Å². The molecule has 0 N–H and O–H groups in total. The zero-order chi connectivity index (χ0) is 12.3. The number of nitrogens with zero attached hydrogens (tertiary/aromatic N) is 1. The number of rotatable bonds is 4. The molecule has 2 atom stereocenters. The summed E-state index contributed by atoms with van der Waals surface area (Å²) in [6.07, 6.45) is 4.03. The maximum Gasteiger partial charge on any atom is 0.0175 e. The van der Waals surface area contributed by atoms with Crippen LogP contribution < -0.4 is 0 Å². The summed E-state index contributed by atoms with van der Waals surface area (Å²) >= 11 is 3.49. The summed E-state index contributed by atoms with van der Waals surface area (Å²) in [7, 11) is 0. The molecule has 1 aliphatic heterocycles. The third-order valence-electron chi connectivity index (χ3n) is 3.98. The summed E-state index contributed by atoms with van der Waals surface area (Å²) < 4.78 is 1.17. The zero-order valence-electron chi connectivity index (χ0n) is 10.8. The number of hydrogen-bond donors (Lipinski definition) is 0. The van der Waals surface area contributed by atoms with Crippen molar-refractivity contribution in [3.05, 3.63) is 34.3 Å². The second-order valence-electron chi connectivity index (χ2n) is 5.27. The van der Waals surface area contributed by atoms with Crippen LogP contribution in [0.5, 0.6) is 0 Å². The zero-order valence-corrected chi connectivity index (χ0v) is 12.4. The summed E-state index contributed by atoms with van der Waals surface area (Å²) in [6.45, 7) is 7.24. The molecule has 2 heteroatoms. The first-order valence-electron chi connectivity index (χ1n) is 6.66. The van der Waals surface area contributed by atoms with E-state index >= 15 is 0 Å². The number of hydrogen-bond acceptors (Lipinski definition) is 1. The van der Waals surface area contributed by atoms with Crippen LogP contribution in [-0.4, -0.2) is 24.0 Å². The number of likely N-dealkylation sites (tertiary alicyclic amines) is 1. The fourth-order valence-corrected chi connectivity index (χ4v) is 2.91. The predicted octanol–water partition coefficient (Wildman–Crippen LogP) is 4.43. The van der Waals surface area contributed by atoms with Gasteiger partial charge in [-0.25, -0.2) is 0 Å². The molecule has 0 radical (unpaired) electrons. The van der Waals surface area contributed by atoms with Crippen LogP contribution in [0.3, 0.4) is 0 Å². The lowest BCUT2D eigenvalue weighted by Gasteiger charge is -2.23. The number of halogens is 1. The molecule has 0 bridgehead atoms. The molecule has 1 aromatic carbocycles. The molecule has 1 fully saturated rings. The highest BCUT2D eigenvalue weighted by molar-refractivity contribution is 9.10. The van der Waals surface area contributed by atoms with Gasteiger partial charge in [0.25, 0.3) is 0 Å². The molecule has 94 valence electrons. The fraction of sp³-hybridized carbons (Fsp3) is 0.600. The van der Waals surface area contributed by atoms with Gasteiger partial charge >= 0.3 is 0 Å². The summed E-state index contributed by atoms with van der Waals surface area (Å²) in [4.78, 5) is 2.63. The molecule has 1 nitrogen and oxygen atoms in total. The molecule has 0 amide bonds. The van der Waals surface area contributed by atoms with E-state index in [-0.39, 0.29) is 0 Å². The lowest BCUT2D eigenvalue weighted by atomic mass is 9.97. The van der Waals surface area contributed by atoms with E-state index in [2.05, 4.69) is 58.9 Å². The SMILES string of the molecule is CC(CCN1CCCC1C)c1ccc(Br)cc1. The maximum atomic E-state index is 3.49. The van der Waals surface area contributed by atoms with Gasteiger partial charge in [0, 0.05) is 10.5 Å². The molecule has 1 saturated heterocycles. The Hall–Kier alpha value is -0.340. The molecule has 2 unspecified atom stereocenters. The van der Waals surface area contributed by atoms with Gasteiger partial charge in [-0.1, -0.05) is 35.0 Å². The minimum Gasteiger partial charge on any atom is -0.301 e. The normalized spacial score (nSPS) is 22.9. The summed E-state index contributed by atoms with van der Waals surface area (Å²) in [6, 6.07) is 9.56. The smallest absolute Gasteiger partial charge is 0.0175 e. The highest BCUT2D eigenvalue weighted by Crippen LogP contribution is 2.23. The van der Waals surface area contributed by atoms with E-state index in [0.29, 0.717) is 5.92 Å². The minimum absolute atomic E-state index is 0.663. The van der Waals surface area contributed by atoms with Crippen LogP contribution in [0.15, 0.2) is 28.7 Å². The highest BCUT2D eigenvalue weighted by atomic mass is 79.9. The van der Waals surface area contributed by atoms with E-state index in [9.17, 15) is 0 Å². The summed E-state index contributed by atoms with van der Waals surface area (Å²) in [5.74, 6) is 0.663. The first-order valence-corrected chi connectivity index (χ1v) is 7.45. The molecule has 0 saturated carbocycles. The van der Waals surface area contributed by atoms with E-state index in [1.54, 1.807) is 0 Å². The van der Waals surface area contributed by atoms with E-state index in [0.717, 1.165) is 6.04 Å². The van der Waals surface area contributed by atoms with Crippen molar-refractivity contribution < 1.29 is 0 Å². The Bertz CT molecular complexity index is 346. The van der Waals surface area contributed by atoms with Crippen molar-refractivity contribution in [3.8, 4) is 0 Å². The van der Waals surface area contributed by atoms with Crippen molar-refractivity contribution in [1.29, 1.82) is 0 Å². The van der Waals surface area contributed by atoms with Crippen molar-refractivity contribution in [2.24, 2.45) is 0 Å². The third kappa shape index (κ3) is 3.56. The molecule has 17 heavy (non-hydrogen) atoms. The average molecular weight is 296 g/mol. The van der Waals surface area contributed by atoms with E-state index < -0.39 is 0 Å². The molecule has 2 rings (SSSR count). The molecule has 1 aromatic rings. The second-order valence-corrected chi connectivity index (χ2v) is 6.18. The fourth-order valence-electron chi connectivity index (χ4n) is 2.64. The van der Waals surface area contributed by atoms with Gasteiger partial charge in [-0.15, -0.1) is 0 Å². The van der Waals surface area contributed by atoms with Crippen molar-refractivity contribution in [2.75, 3.05) is 13.1 Å². The van der Waals surface area contributed by atoms with Crippen LogP contribution in [0.1, 0.15) is 44.6 Å². The minimum atomic E-state index is 0.663. The van der Waals surface area contributed by atoms with Gasteiger partial charge in [-0.05, 0) is 62.9 Å². The monoisotopic (exact) mass is 295 g/mol. The van der Waals surface area contributed by atoms with Gasteiger partial charge in [-0.3, -0.25) is 0 Å². The van der Waals surface area contributed by atoms with Crippen LogP contribution in [0.25, 0.3) is 0 Å². The Labute approximate surface area is 113 Å². The number of benzene rings is 1. The summed E-state index contributed by atoms with van der Waals surface area (Å²) in [5.41, 5.74) is 1.46. The van der Waals surface area contributed by atoms with E-state index in [4.69, 9.17) is 0 Å². The Morgan fingerprint density at radius 3 is 2.65 bits per heavy atom. The van der Waals surface area contributed by atoms with Crippen molar-refractivity contribution >= 4 is 15.9 Å². The third-order valence-corrected chi connectivity index (χ3v) is 4.51. The van der Waals surface area contributed by atoms with Gasteiger partial charge in [-0.2, -0.15) is 0 Å². The van der Waals surface area contributed by atoms with Crippen LogP contribution in [0, 0.1) is 0 Å². The molecular weight excluding hydrogens is 274 g/mol. The Balaban J connectivity index is 1.84. The quantitative estimate of drug-likeness (QED) is 0.794. The largest absolute Gasteiger partial charge is 0.301 e. The molecular formula is C15H22BrN. The van der Waals surface area contributed by atoms with Gasteiger partial charge in [0.15, 0.2) is 0 Å². The molecule has 1 aliphatic rings. The average Bonchev–Trinajstić information content (AvgIpc) is 2.73. The van der Waals surface area contributed by atoms with Gasteiger partial charge in [0.05, 0.1) is 0 Å². The lowest BCUT2D eigenvalue weighted by molar-refractivity contribution is 0.259. The van der Waals surface area contributed by atoms with Gasteiger partial charge in [0.1, 0.15) is 0 Å². The van der Waals surface area contributed by atoms with E-state index in [1.807, 2.05) is 0 Å². The molecule has 1 heterocycles. The van der Waals surface area contributed by atoms with Crippen LogP contribution in [0.4, 0.5) is 0 Å².